The molecule has 5 rings (SSSR count). The minimum absolute atomic E-state index is 0.173. The van der Waals surface area contributed by atoms with Gasteiger partial charge in [0.1, 0.15) is 5.75 Å². The summed E-state index contributed by atoms with van der Waals surface area (Å²) in [5.74, 6) is 0.812. The van der Waals surface area contributed by atoms with Crippen LogP contribution in [0.2, 0.25) is 5.02 Å². The van der Waals surface area contributed by atoms with Gasteiger partial charge in [-0.3, -0.25) is 19.5 Å². The zero-order valence-electron chi connectivity index (χ0n) is 19.0. The highest BCUT2D eigenvalue weighted by Crippen LogP contribution is 2.43. The van der Waals surface area contributed by atoms with Crippen molar-refractivity contribution in [1.82, 2.24) is 14.7 Å². The molecular weight excluding hydrogens is 458 g/mol. The molecule has 3 heterocycles. The zero-order valence-corrected chi connectivity index (χ0v) is 19.8. The molecule has 34 heavy (non-hydrogen) atoms. The van der Waals surface area contributed by atoms with Crippen molar-refractivity contribution < 1.29 is 19.1 Å². The number of benzene rings is 2. The van der Waals surface area contributed by atoms with Gasteiger partial charge in [0, 0.05) is 30.9 Å². The van der Waals surface area contributed by atoms with Gasteiger partial charge in [0.05, 0.1) is 31.6 Å². The van der Waals surface area contributed by atoms with Gasteiger partial charge in [-0.25, -0.2) is 9.79 Å². The van der Waals surface area contributed by atoms with Gasteiger partial charge in [-0.05, 0) is 18.2 Å². The number of imide groups is 1. The number of ether oxygens (including phenoxy) is 2. The Labute approximate surface area is 202 Å². The number of guanidine groups is 1. The van der Waals surface area contributed by atoms with Crippen molar-refractivity contribution in [2.75, 3.05) is 39.3 Å². The number of aliphatic imine (C=N–C) groups is 1. The van der Waals surface area contributed by atoms with Crippen LogP contribution in [-0.4, -0.2) is 79.2 Å². The van der Waals surface area contributed by atoms with Gasteiger partial charge in [-0.15, -0.1) is 0 Å². The van der Waals surface area contributed by atoms with Crippen molar-refractivity contribution >= 4 is 40.9 Å². The first-order chi connectivity index (χ1) is 16.5. The molecule has 0 bridgehead atoms. The second-order valence-electron chi connectivity index (χ2n) is 8.10. The van der Waals surface area contributed by atoms with Crippen LogP contribution in [0.1, 0.15) is 5.56 Å². The number of amides is 3. The van der Waals surface area contributed by atoms with E-state index in [9.17, 15) is 9.59 Å². The van der Waals surface area contributed by atoms with Crippen LogP contribution < -0.4 is 9.64 Å². The standard InChI is InChI=1S/C24H24ClN5O4/c1-27-21-20(22(31)28(24(27)32)11-12-33-2)29-14-18(15-7-5-4-6-8-15)30(23(29)26-21)17-13-16(25)9-10-19(17)34-3/h4-10,13-14,20-21H,11-12H2,1-3H3. The SMILES string of the molecule is COCCN1C(=O)C2C(N=C3N(c4cc(Cl)ccc4OC)C(c4ccccc4)=CN32)N(C)C1=O. The third-order valence-electron chi connectivity index (χ3n) is 6.18. The lowest BCUT2D eigenvalue weighted by atomic mass is 10.1. The smallest absolute Gasteiger partial charge is 0.328 e. The fourth-order valence-electron chi connectivity index (χ4n) is 4.51. The number of fused-ring (bicyclic) bond motifs is 3. The summed E-state index contributed by atoms with van der Waals surface area (Å²) in [5, 5.41) is 0.534. The van der Waals surface area contributed by atoms with Crippen molar-refractivity contribution in [3.63, 3.8) is 0 Å². The number of halogens is 1. The molecule has 0 radical (unpaired) electrons. The van der Waals surface area contributed by atoms with Gasteiger partial charge < -0.3 is 14.4 Å². The Morgan fingerprint density at radius 1 is 1.09 bits per heavy atom. The quantitative estimate of drug-likeness (QED) is 0.631. The molecule has 9 nitrogen and oxygen atoms in total. The first-order valence-electron chi connectivity index (χ1n) is 10.8. The summed E-state index contributed by atoms with van der Waals surface area (Å²) in [6, 6.07) is 14.1. The Kier molecular flexibility index (Phi) is 5.66. The Morgan fingerprint density at radius 2 is 1.85 bits per heavy atom. The highest BCUT2D eigenvalue weighted by Gasteiger charge is 2.55. The third-order valence-corrected chi connectivity index (χ3v) is 6.42. The average Bonchev–Trinajstić information content (AvgIpc) is 3.39. The van der Waals surface area contributed by atoms with E-state index in [4.69, 9.17) is 26.1 Å². The van der Waals surface area contributed by atoms with Crippen molar-refractivity contribution in [2.45, 2.75) is 12.2 Å². The van der Waals surface area contributed by atoms with Crippen LogP contribution >= 0.6 is 11.6 Å². The Bertz CT molecular complexity index is 1200. The van der Waals surface area contributed by atoms with E-state index in [0.29, 0.717) is 22.4 Å². The molecule has 0 spiro atoms. The first kappa shape index (κ1) is 22.2. The molecular formula is C24H24ClN5O4. The van der Waals surface area contributed by atoms with Crippen LogP contribution in [-0.2, 0) is 9.53 Å². The molecule has 1 fully saturated rings. The predicted octanol–water partition coefficient (Wildman–Crippen LogP) is 3.07. The van der Waals surface area contributed by atoms with Crippen molar-refractivity contribution in [3.05, 3.63) is 65.3 Å². The van der Waals surface area contributed by atoms with Gasteiger partial charge in [0.15, 0.2) is 12.2 Å². The first-order valence-corrected chi connectivity index (χ1v) is 11.2. The monoisotopic (exact) mass is 481 g/mol. The van der Waals surface area contributed by atoms with Gasteiger partial charge in [0.25, 0.3) is 5.91 Å². The van der Waals surface area contributed by atoms with Gasteiger partial charge in [-0.2, -0.15) is 0 Å². The molecule has 1 saturated heterocycles. The van der Waals surface area contributed by atoms with Crippen LogP contribution in [0.15, 0.2) is 59.7 Å². The van der Waals surface area contributed by atoms with Crippen molar-refractivity contribution in [2.24, 2.45) is 4.99 Å². The minimum Gasteiger partial charge on any atom is -0.495 e. The van der Waals surface area contributed by atoms with E-state index in [0.717, 1.165) is 11.3 Å². The summed E-state index contributed by atoms with van der Waals surface area (Å²) in [6.07, 6.45) is 1.24. The zero-order chi connectivity index (χ0) is 24.0. The highest BCUT2D eigenvalue weighted by atomic mass is 35.5. The summed E-state index contributed by atoms with van der Waals surface area (Å²) in [4.78, 5) is 37.7. The Morgan fingerprint density at radius 3 is 2.56 bits per heavy atom. The van der Waals surface area contributed by atoms with E-state index in [1.807, 2.05) is 46.3 Å². The molecule has 0 saturated carbocycles. The van der Waals surface area contributed by atoms with E-state index >= 15 is 0 Å². The van der Waals surface area contributed by atoms with Crippen LogP contribution in [0.25, 0.3) is 5.70 Å². The minimum atomic E-state index is -0.691. The van der Waals surface area contributed by atoms with E-state index in [1.54, 1.807) is 32.4 Å². The number of anilines is 1. The molecule has 176 valence electrons. The van der Waals surface area contributed by atoms with Crippen molar-refractivity contribution in [3.8, 4) is 5.75 Å². The number of hydrogen-bond donors (Lipinski definition) is 0. The molecule has 2 unspecified atom stereocenters. The van der Waals surface area contributed by atoms with E-state index in [-0.39, 0.29) is 19.1 Å². The van der Waals surface area contributed by atoms with Crippen LogP contribution in [0.3, 0.4) is 0 Å². The Hall–Kier alpha value is -3.56. The molecule has 3 amide bonds. The summed E-state index contributed by atoms with van der Waals surface area (Å²) >= 11 is 6.36. The number of carbonyl (C=O) groups is 2. The molecule has 0 aromatic heterocycles. The van der Waals surface area contributed by atoms with Crippen LogP contribution in [0.5, 0.6) is 5.75 Å². The number of urea groups is 1. The fourth-order valence-corrected chi connectivity index (χ4v) is 4.68. The van der Waals surface area contributed by atoms with E-state index in [1.165, 1.54) is 16.9 Å². The number of rotatable bonds is 6. The number of hydrogen-bond acceptors (Lipinski definition) is 7. The summed E-state index contributed by atoms with van der Waals surface area (Å²) in [7, 11) is 4.78. The maximum absolute atomic E-state index is 13.5. The maximum Gasteiger partial charge on any atom is 0.328 e. The maximum atomic E-state index is 13.5. The summed E-state index contributed by atoms with van der Waals surface area (Å²) in [6.45, 7) is 0.430. The number of carbonyl (C=O) groups excluding carboxylic acids is 2. The molecule has 3 aliphatic heterocycles. The lowest BCUT2D eigenvalue weighted by Gasteiger charge is -2.40. The fraction of sp³-hybridized carbons (Fsp3) is 0.292. The molecule has 2 aromatic carbocycles. The number of methoxy groups -OCH3 is 2. The van der Waals surface area contributed by atoms with Crippen LogP contribution in [0, 0.1) is 0 Å². The molecule has 0 aliphatic carbocycles. The lowest BCUT2D eigenvalue weighted by Crippen LogP contribution is -2.64. The third kappa shape index (κ3) is 3.39. The van der Waals surface area contributed by atoms with E-state index in [2.05, 4.69) is 0 Å². The Balaban J connectivity index is 1.63. The number of likely N-dealkylation sites (N-methyl/N-ethyl adjacent to an activating group) is 1. The lowest BCUT2D eigenvalue weighted by molar-refractivity contribution is -0.137. The van der Waals surface area contributed by atoms with Gasteiger partial charge in [-0.1, -0.05) is 41.9 Å². The average molecular weight is 482 g/mol. The molecule has 0 N–H and O–H groups in total. The normalized spacial score (nSPS) is 21.5. The van der Waals surface area contributed by atoms with Crippen molar-refractivity contribution in [1.29, 1.82) is 0 Å². The molecule has 2 aromatic rings. The second-order valence-corrected chi connectivity index (χ2v) is 8.54. The summed E-state index contributed by atoms with van der Waals surface area (Å²) < 4.78 is 10.7. The molecule has 2 atom stereocenters. The second kappa shape index (κ2) is 8.66. The molecule has 10 heteroatoms. The summed E-state index contributed by atoms with van der Waals surface area (Å²) in [5.41, 5.74) is 2.43. The predicted molar refractivity (Wildman–Crippen MR) is 129 cm³/mol. The highest BCUT2D eigenvalue weighted by molar-refractivity contribution is 6.31. The van der Waals surface area contributed by atoms with Crippen LogP contribution in [0.4, 0.5) is 10.5 Å². The topological polar surface area (TPSA) is 77.9 Å². The van der Waals surface area contributed by atoms with Gasteiger partial charge in [0.2, 0.25) is 5.96 Å². The molecule has 3 aliphatic rings. The number of nitrogens with zero attached hydrogens (tertiary/aromatic N) is 5. The van der Waals surface area contributed by atoms with E-state index < -0.39 is 18.2 Å². The largest absolute Gasteiger partial charge is 0.495 e. The van der Waals surface area contributed by atoms with Gasteiger partial charge >= 0.3 is 6.03 Å².